The molecule has 0 aromatic heterocycles. The number of likely N-dealkylation sites (tertiary alicyclic amines) is 1. The van der Waals surface area contributed by atoms with Gasteiger partial charge in [0, 0.05) is 5.54 Å². The highest BCUT2D eigenvalue weighted by Gasteiger charge is 2.33. The second kappa shape index (κ2) is 5.66. The van der Waals surface area contributed by atoms with Crippen LogP contribution in [0.2, 0.25) is 0 Å². The van der Waals surface area contributed by atoms with Gasteiger partial charge in [-0.3, -0.25) is 4.90 Å². The smallest absolute Gasteiger partial charge is 0.0752 e. The molecule has 88 valence electrons. The van der Waals surface area contributed by atoms with E-state index in [-0.39, 0.29) is 11.6 Å². The Morgan fingerprint density at radius 1 is 1.27 bits per heavy atom. The highest BCUT2D eigenvalue weighted by molar-refractivity contribution is 4.92. The summed E-state index contributed by atoms with van der Waals surface area (Å²) in [6.07, 6.45) is 7.41. The van der Waals surface area contributed by atoms with Crippen LogP contribution in [-0.4, -0.2) is 34.7 Å². The first-order chi connectivity index (χ1) is 7.09. The van der Waals surface area contributed by atoms with E-state index in [1.165, 1.54) is 25.7 Å². The summed E-state index contributed by atoms with van der Waals surface area (Å²) in [6, 6.07) is 0. The van der Waals surface area contributed by atoms with Gasteiger partial charge >= 0.3 is 0 Å². The Bertz CT molecular complexity index is 193. The molecule has 1 aliphatic rings. The summed E-state index contributed by atoms with van der Waals surface area (Å²) in [7, 11) is 0. The molecule has 1 saturated heterocycles. The normalized spacial score (nSPS) is 22.1. The lowest BCUT2D eigenvalue weighted by atomic mass is 9.92. The van der Waals surface area contributed by atoms with Crippen LogP contribution in [0.25, 0.3) is 0 Å². The molecule has 1 heterocycles. The summed E-state index contributed by atoms with van der Waals surface area (Å²) in [5.74, 6) is 0. The summed E-state index contributed by atoms with van der Waals surface area (Å²) in [5, 5.41) is 10.1. The third-order valence-corrected chi connectivity index (χ3v) is 3.63. The van der Waals surface area contributed by atoms with E-state index in [0.717, 1.165) is 13.1 Å². The molecule has 0 saturated carbocycles. The van der Waals surface area contributed by atoms with E-state index in [1.54, 1.807) is 0 Å². The van der Waals surface area contributed by atoms with Crippen LogP contribution in [0.3, 0.4) is 0 Å². The fourth-order valence-corrected chi connectivity index (χ4v) is 2.30. The number of rotatable bonds is 4. The minimum Gasteiger partial charge on any atom is -0.391 e. The first kappa shape index (κ1) is 12.7. The molecule has 1 rings (SSSR count). The number of hydrogen-bond donors (Lipinski definition) is 1. The molecule has 0 spiro atoms. The monoisotopic (exact) mass is 211 g/mol. The Morgan fingerprint density at radius 3 is 2.27 bits per heavy atom. The van der Waals surface area contributed by atoms with Gasteiger partial charge in [-0.25, -0.2) is 0 Å². The molecule has 15 heavy (non-hydrogen) atoms. The molecule has 1 atom stereocenters. The minimum absolute atomic E-state index is 0.113. The van der Waals surface area contributed by atoms with Gasteiger partial charge in [-0.15, -0.1) is 6.58 Å². The molecule has 0 aliphatic carbocycles. The molecule has 2 nitrogen and oxygen atoms in total. The Labute approximate surface area is 94.0 Å². The first-order valence-corrected chi connectivity index (χ1v) is 6.13. The Balaban J connectivity index is 2.60. The maximum Gasteiger partial charge on any atom is 0.0752 e. The van der Waals surface area contributed by atoms with Crippen LogP contribution in [-0.2, 0) is 0 Å². The van der Waals surface area contributed by atoms with E-state index in [9.17, 15) is 5.11 Å². The molecule has 1 fully saturated rings. The van der Waals surface area contributed by atoms with E-state index in [1.807, 2.05) is 6.08 Å². The third kappa shape index (κ3) is 3.32. The van der Waals surface area contributed by atoms with Gasteiger partial charge in [-0.1, -0.05) is 18.9 Å². The molecule has 0 radical (unpaired) electrons. The molecule has 1 aliphatic heterocycles. The maximum atomic E-state index is 10.1. The van der Waals surface area contributed by atoms with Crippen molar-refractivity contribution in [1.29, 1.82) is 0 Å². The summed E-state index contributed by atoms with van der Waals surface area (Å²) in [4.78, 5) is 2.44. The van der Waals surface area contributed by atoms with Gasteiger partial charge in [0.1, 0.15) is 0 Å². The zero-order chi connectivity index (χ0) is 11.3. The summed E-state index contributed by atoms with van der Waals surface area (Å²) < 4.78 is 0. The minimum atomic E-state index is -0.298. The van der Waals surface area contributed by atoms with Gasteiger partial charge in [0.05, 0.1) is 6.10 Å². The van der Waals surface area contributed by atoms with Crippen molar-refractivity contribution in [1.82, 2.24) is 4.90 Å². The van der Waals surface area contributed by atoms with Crippen LogP contribution in [0, 0.1) is 0 Å². The molecule has 0 amide bonds. The van der Waals surface area contributed by atoms with Crippen LogP contribution < -0.4 is 0 Å². The van der Waals surface area contributed by atoms with Crippen LogP contribution in [0.15, 0.2) is 12.7 Å². The van der Waals surface area contributed by atoms with E-state index in [2.05, 4.69) is 25.3 Å². The van der Waals surface area contributed by atoms with Gasteiger partial charge in [-0.05, 0) is 46.2 Å². The lowest BCUT2D eigenvalue weighted by molar-refractivity contribution is -0.00639. The van der Waals surface area contributed by atoms with Gasteiger partial charge in [0.15, 0.2) is 0 Å². The topological polar surface area (TPSA) is 23.5 Å². The van der Waals surface area contributed by atoms with Crippen LogP contribution in [0.4, 0.5) is 0 Å². The Kier molecular flexibility index (Phi) is 4.81. The van der Waals surface area contributed by atoms with E-state index < -0.39 is 0 Å². The number of aliphatic hydroxyl groups is 1. The predicted molar refractivity (Wildman–Crippen MR) is 64.9 cm³/mol. The van der Waals surface area contributed by atoms with Crippen LogP contribution in [0.1, 0.15) is 46.0 Å². The van der Waals surface area contributed by atoms with Crippen molar-refractivity contribution in [3.8, 4) is 0 Å². The van der Waals surface area contributed by atoms with E-state index >= 15 is 0 Å². The predicted octanol–water partition coefficient (Wildman–Crippen LogP) is 2.58. The first-order valence-electron chi connectivity index (χ1n) is 6.13. The average Bonchev–Trinajstić information content (AvgIpc) is 2.46. The molecule has 2 heteroatoms. The van der Waals surface area contributed by atoms with Crippen molar-refractivity contribution in [2.45, 2.75) is 57.6 Å². The lowest BCUT2D eigenvalue weighted by Gasteiger charge is -2.41. The molecule has 0 aromatic rings. The standard InChI is InChI=1S/C13H25NO/c1-4-9-12(15)13(2,3)14-10-7-5-6-8-11-14/h4,12,15H,1,5-11H2,2-3H3. The highest BCUT2D eigenvalue weighted by atomic mass is 16.3. The van der Waals surface area contributed by atoms with Gasteiger partial charge in [0.25, 0.3) is 0 Å². The van der Waals surface area contributed by atoms with Crippen LogP contribution in [0.5, 0.6) is 0 Å². The van der Waals surface area contributed by atoms with Crippen molar-refractivity contribution >= 4 is 0 Å². The quantitative estimate of drug-likeness (QED) is 0.722. The van der Waals surface area contributed by atoms with Crippen molar-refractivity contribution in [3.05, 3.63) is 12.7 Å². The maximum absolute atomic E-state index is 10.1. The van der Waals surface area contributed by atoms with Crippen molar-refractivity contribution in [3.63, 3.8) is 0 Å². The van der Waals surface area contributed by atoms with Gasteiger partial charge in [-0.2, -0.15) is 0 Å². The SMILES string of the molecule is C=CCC(O)C(C)(C)N1CCCCCC1. The third-order valence-electron chi connectivity index (χ3n) is 3.63. The highest BCUT2D eigenvalue weighted by Crippen LogP contribution is 2.25. The van der Waals surface area contributed by atoms with E-state index in [4.69, 9.17) is 0 Å². The Morgan fingerprint density at radius 2 is 1.80 bits per heavy atom. The number of aliphatic hydroxyl groups excluding tert-OH is 1. The zero-order valence-electron chi connectivity index (χ0n) is 10.2. The van der Waals surface area contributed by atoms with Crippen molar-refractivity contribution in [2.75, 3.05) is 13.1 Å². The molecule has 0 aromatic carbocycles. The lowest BCUT2D eigenvalue weighted by Crippen LogP contribution is -2.52. The summed E-state index contributed by atoms with van der Waals surface area (Å²) >= 11 is 0. The molecule has 1 unspecified atom stereocenters. The molecule has 1 N–H and O–H groups in total. The van der Waals surface area contributed by atoms with Crippen LogP contribution >= 0.6 is 0 Å². The van der Waals surface area contributed by atoms with Crippen molar-refractivity contribution < 1.29 is 5.11 Å². The number of nitrogens with zero attached hydrogens (tertiary/aromatic N) is 1. The van der Waals surface area contributed by atoms with E-state index in [0.29, 0.717) is 6.42 Å². The summed E-state index contributed by atoms with van der Waals surface area (Å²) in [5.41, 5.74) is -0.113. The zero-order valence-corrected chi connectivity index (χ0v) is 10.2. The number of hydrogen-bond acceptors (Lipinski definition) is 2. The second-order valence-electron chi connectivity index (χ2n) is 5.10. The van der Waals surface area contributed by atoms with Gasteiger partial charge < -0.3 is 5.11 Å². The summed E-state index contributed by atoms with van der Waals surface area (Å²) in [6.45, 7) is 10.2. The molecule has 0 bridgehead atoms. The molecular weight excluding hydrogens is 186 g/mol. The fraction of sp³-hybridized carbons (Fsp3) is 0.846. The Hall–Kier alpha value is -0.340. The fourth-order valence-electron chi connectivity index (χ4n) is 2.30. The average molecular weight is 211 g/mol. The largest absolute Gasteiger partial charge is 0.391 e. The second-order valence-corrected chi connectivity index (χ2v) is 5.10. The molecular formula is C13H25NO. The van der Waals surface area contributed by atoms with Gasteiger partial charge in [0.2, 0.25) is 0 Å². The van der Waals surface area contributed by atoms with Crippen molar-refractivity contribution in [2.24, 2.45) is 0 Å².